The Hall–Kier alpha value is -0.330. The number of aryl methyl sites for hydroxylation is 1. The number of halogens is 4. The monoisotopic (exact) mass is 287 g/mol. The highest BCUT2D eigenvalue weighted by Gasteiger charge is 2.16. The van der Waals surface area contributed by atoms with E-state index in [1.54, 1.807) is 22.6 Å². The molecule has 0 amide bonds. The third-order valence-electron chi connectivity index (χ3n) is 1.36. The van der Waals surface area contributed by atoms with Crippen molar-refractivity contribution in [2.24, 2.45) is 0 Å². The first kappa shape index (κ1) is 9.76. The van der Waals surface area contributed by atoms with Crippen molar-refractivity contribution >= 4 is 22.6 Å². The van der Waals surface area contributed by atoms with Gasteiger partial charge in [-0.3, -0.25) is 0 Å². The highest BCUT2D eigenvalue weighted by molar-refractivity contribution is 14.1. The highest BCUT2D eigenvalue weighted by Crippen LogP contribution is 2.24. The van der Waals surface area contributed by atoms with Crippen molar-refractivity contribution in [3.63, 3.8) is 0 Å². The van der Waals surface area contributed by atoms with Crippen LogP contribution >= 0.6 is 22.6 Å². The molecule has 0 unspecified atom stereocenters. The zero-order valence-electron chi connectivity index (χ0n) is 6.11. The van der Waals surface area contributed by atoms with Gasteiger partial charge in [0, 0.05) is 0 Å². The van der Waals surface area contributed by atoms with Crippen LogP contribution in [0.15, 0.2) is 6.07 Å². The van der Waals surface area contributed by atoms with Gasteiger partial charge in [-0.05, 0) is 35.6 Å². The van der Waals surface area contributed by atoms with Gasteiger partial charge >= 0.3 is 0 Å². The zero-order chi connectivity index (χ0) is 9.30. The van der Waals surface area contributed by atoms with Gasteiger partial charge in [-0.15, -0.1) is 0 Å². The van der Waals surface area contributed by atoms with E-state index in [0.717, 1.165) is 6.07 Å². The van der Waals surface area contributed by atoms with Crippen LogP contribution in [0, 0.1) is 16.4 Å². The summed E-state index contributed by atoms with van der Waals surface area (Å²) in [4.78, 5) is 3.69. The molecule has 0 aromatic carbocycles. The summed E-state index contributed by atoms with van der Waals surface area (Å²) in [6.07, 6.45) is -2.78. The summed E-state index contributed by atoms with van der Waals surface area (Å²) >= 11 is 1.77. The molecule has 1 aromatic heterocycles. The largest absolute Gasteiger partial charge is 0.266 e. The third kappa shape index (κ3) is 1.88. The number of hydrogen-bond acceptors (Lipinski definition) is 1. The molecule has 0 spiro atoms. The second-order valence-electron chi connectivity index (χ2n) is 2.23. The molecule has 0 radical (unpaired) electrons. The SMILES string of the molecule is Cc1nc(I)cc(C(F)F)c1F. The van der Waals surface area contributed by atoms with E-state index in [2.05, 4.69) is 4.98 Å². The van der Waals surface area contributed by atoms with Crippen LogP contribution in [-0.2, 0) is 0 Å². The van der Waals surface area contributed by atoms with Crippen molar-refractivity contribution < 1.29 is 13.2 Å². The predicted molar refractivity (Wildman–Crippen MR) is 46.6 cm³/mol. The molecule has 0 saturated carbocycles. The molecule has 0 N–H and O–H groups in total. The number of alkyl halides is 2. The number of hydrogen-bond donors (Lipinski definition) is 0. The van der Waals surface area contributed by atoms with E-state index in [4.69, 9.17) is 0 Å². The fourth-order valence-electron chi connectivity index (χ4n) is 0.801. The van der Waals surface area contributed by atoms with Crippen molar-refractivity contribution in [2.75, 3.05) is 0 Å². The van der Waals surface area contributed by atoms with Crippen molar-refractivity contribution in [2.45, 2.75) is 13.3 Å². The van der Waals surface area contributed by atoms with Crippen molar-refractivity contribution in [3.8, 4) is 0 Å². The van der Waals surface area contributed by atoms with Crippen LogP contribution in [0.4, 0.5) is 13.2 Å². The molecule has 0 bridgehead atoms. The molecule has 0 atom stereocenters. The van der Waals surface area contributed by atoms with Gasteiger partial charge in [-0.2, -0.15) is 0 Å². The average Bonchev–Trinajstić information content (AvgIpc) is 1.96. The quantitative estimate of drug-likeness (QED) is 0.571. The normalized spacial score (nSPS) is 10.8. The fourth-order valence-corrected chi connectivity index (χ4v) is 1.50. The van der Waals surface area contributed by atoms with Crippen LogP contribution in [0.5, 0.6) is 0 Å². The topological polar surface area (TPSA) is 12.9 Å². The first-order valence-corrected chi connectivity index (χ1v) is 4.21. The van der Waals surface area contributed by atoms with E-state index in [1.165, 1.54) is 6.92 Å². The second-order valence-corrected chi connectivity index (χ2v) is 3.34. The lowest BCUT2D eigenvalue weighted by Gasteiger charge is -2.04. The maximum atomic E-state index is 12.9. The van der Waals surface area contributed by atoms with Crippen LogP contribution < -0.4 is 0 Å². The summed E-state index contributed by atoms with van der Waals surface area (Å²) in [5.41, 5.74) is -0.566. The summed E-state index contributed by atoms with van der Waals surface area (Å²) in [7, 11) is 0. The van der Waals surface area contributed by atoms with E-state index in [-0.39, 0.29) is 5.69 Å². The zero-order valence-corrected chi connectivity index (χ0v) is 8.27. The Kier molecular flexibility index (Phi) is 2.92. The van der Waals surface area contributed by atoms with Gasteiger partial charge in [0.15, 0.2) is 5.82 Å². The lowest BCUT2D eigenvalue weighted by molar-refractivity contribution is 0.146. The van der Waals surface area contributed by atoms with E-state index >= 15 is 0 Å². The Bertz CT molecular complexity index is 301. The molecule has 0 aliphatic heterocycles. The van der Waals surface area contributed by atoms with Crippen molar-refractivity contribution in [1.82, 2.24) is 4.98 Å². The Morgan fingerprint density at radius 1 is 1.50 bits per heavy atom. The van der Waals surface area contributed by atoms with E-state index in [0.29, 0.717) is 3.70 Å². The molecule has 5 heteroatoms. The van der Waals surface area contributed by atoms with Gasteiger partial charge in [0.1, 0.15) is 3.70 Å². The molecule has 12 heavy (non-hydrogen) atoms. The molecule has 0 aliphatic carbocycles. The number of nitrogens with zero attached hydrogens (tertiary/aromatic N) is 1. The molecular formula is C7H5F3IN. The molecule has 1 rings (SSSR count). The van der Waals surface area contributed by atoms with Gasteiger partial charge in [0.05, 0.1) is 11.3 Å². The predicted octanol–water partition coefficient (Wildman–Crippen LogP) is 3.07. The number of rotatable bonds is 1. The minimum atomic E-state index is -2.78. The van der Waals surface area contributed by atoms with E-state index < -0.39 is 17.8 Å². The highest BCUT2D eigenvalue weighted by atomic mass is 127. The van der Waals surface area contributed by atoms with Gasteiger partial charge in [-0.25, -0.2) is 18.2 Å². The lowest BCUT2D eigenvalue weighted by Crippen LogP contribution is -1.98. The molecule has 66 valence electrons. The van der Waals surface area contributed by atoms with Crippen LogP contribution in [0.3, 0.4) is 0 Å². The molecule has 0 saturated heterocycles. The van der Waals surface area contributed by atoms with Gasteiger partial charge in [0.25, 0.3) is 6.43 Å². The van der Waals surface area contributed by atoms with Crippen LogP contribution in [0.1, 0.15) is 17.7 Å². The standard InChI is InChI=1S/C7H5F3IN/c1-3-6(8)4(7(9)10)2-5(11)12-3/h2,7H,1H3. The Labute approximate surface area is 81.1 Å². The van der Waals surface area contributed by atoms with Gasteiger partial charge in [0.2, 0.25) is 0 Å². The summed E-state index contributed by atoms with van der Waals surface area (Å²) in [6.45, 7) is 1.36. The summed E-state index contributed by atoms with van der Waals surface area (Å²) < 4.78 is 37.5. The molecule has 1 heterocycles. The molecule has 1 aromatic rings. The van der Waals surface area contributed by atoms with Gasteiger partial charge in [-0.1, -0.05) is 0 Å². The minimum absolute atomic E-state index is 0.0113. The summed E-state index contributed by atoms with van der Waals surface area (Å²) in [6, 6.07) is 1.05. The Balaban J connectivity index is 3.28. The van der Waals surface area contributed by atoms with Gasteiger partial charge < -0.3 is 0 Å². The van der Waals surface area contributed by atoms with E-state index in [1.807, 2.05) is 0 Å². The molecule has 0 fully saturated rings. The van der Waals surface area contributed by atoms with Crippen LogP contribution in [-0.4, -0.2) is 4.98 Å². The Morgan fingerprint density at radius 2 is 2.08 bits per heavy atom. The molecule has 1 nitrogen and oxygen atoms in total. The summed E-state index contributed by atoms with van der Waals surface area (Å²) in [5, 5.41) is 0. The average molecular weight is 287 g/mol. The maximum absolute atomic E-state index is 12.9. The van der Waals surface area contributed by atoms with Crippen LogP contribution in [0.2, 0.25) is 0 Å². The van der Waals surface area contributed by atoms with Crippen molar-refractivity contribution in [1.29, 1.82) is 0 Å². The minimum Gasteiger partial charge on any atom is -0.244 e. The molecular weight excluding hydrogens is 282 g/mol. The smallest absolute Gasteiger partial charge is 0.244 e. The first-order chi connectivity index (χ1) is 5.52. The maximum Gasteiger partial charge on any atom is 0.266 e. The fraction of sp³-hybridized carbons (Fsp3) is 0.286. The van der Waals surface area contributed by atoms with Crippen molar-refractivity contribution in [3.05, 3.63) is 26.8 Å². The van der Waals surface area contributed by atoms with E-state index in [9.17, 15) is 13.2 Å². The second kappa shape index (κ2) is 3.59. The molecule has 0 aliphatic rings. The van der Waals surface area contributed by atoms with Crippen LogP contribution in [0.25, 0.3) is 0 Å². The number of pyridine rings is 1. The number of aromatic nitrogens is 1. The first-order valence-electron chi connectivity index (χ1n) is 3.13. The third-order valence-corrected chi connectivity index (χ3v) is 1.91. The Morgan fingerprint density at radius 3 is 2.58 bits per heavy atom. The lowest BCUT2D eigenvalue weighted by atomic mass is 10.2. The summed E-state index contributed by atoms with van der Waals surface area (Å²) in [5.74, 6) is -0.912.